The number of rotatable bonds is 3. The fourth-order valence-corrected chi connectivity index (χ4v) is 3.93. The van der Waals surface area contributed by atoms with Gasteiger partial charge in [-0.05, 0) is 45.6 Å². The van der Waals surface area contributed by atoms with Crippen molar-refractivity contribution < 1.29 is 14.3 Å². The standard InChI is InChI=1S/C14H9Br2NO3S/c15-8-1-2-12-10(5-8)17(13(19)7-20-12)6-11(18)14-9(16)3-4-21-14/h1-5H,6-7H2. The first kappa shape index (κ1) is 14.7. The summed E-state index contributed by atoms with van der Waals surface area (Å²) in [5.41, 5.74) is 0.613. The molecule has 0 bridgehead atoms. The smallest absolute Gasteiger partial charge is 0.265 e. The Balaban J connectivity index is 1.92. The Morgan fingerprint density at radius 3 is 2.86 bits per heavy atom. The van der Waals surface area contributed by atoms with Crippen LogP contribution in [-0.2, 0) is 4.79 Å². The van der Waals surface area contributed by atoms with Crippen LogP contribution >= 0.6 is 43.2 Å². The van der Waals surface area contributed by atoms with Crippen LogP contribution in [0.25, 0.3) is 0 Å². The average molecular weight is 431 g/mol. The second kappa shape index (κ2) is 5.90. The molecule has 1 amide bonds. The van der Waals surface area contributed by atoms with Gasteiger partial charge in [0.15, 0.2) is 12.4 Å². The van der Waals surface area contributed by atoms with Crippen LogP contribution in [0.4, 0.5) is 5.69 Å². The number of carbonyl (C=O) groups excluding carboxylic acids is 2. The lowest BCUT2D eigenvalue weighted by molar-refractivity contribution is -0.121. The van der Waals surface area contributed by atoms with E-state index in [1.807, 2.05) is 17.5 Å². The molecule has 2 aromatic rings. The summed E-state index contributed by atoms with van der Waals surface area (Å²) in [7, 11) is 0. The van der Waals surface area contributed by atoms with Crippen LogP contribution in [0.2, 0.25) is 0 Å². The molecule has 0 saturated carbocycles. The van der Waals surface area contributed by atoms with Crippen molar-refractivity contribution in [3.8, 4) is 5.75 Å². The van der Waals surface area contributed by atoms with E-state index in [1.165, 1.54) is 16.2 Å². The Hall–Kier alpha value is -1.18. The van der Waals surface area contributed by atoms with Crippen molar-refractivity contribution in [1.82, 2.24) is 0 Å². The molecule has 1 aromatic carbocycles. The van der Waals surface area contributed by atoms with Crippen LogP contribution in [0.1, 0.15) is 9.67 Å². The maximum absolute atomic E-state index is 12.4. The van der Waals surface area contributed by atoms with Crippen LogP contribution in [0, 0.1) is 0 Å². The SMILES string of the molecule is O=C(CN1C(=O)COc2ccc(Br)cc21)c1sccc1Br. The molecule has 0 atom stereocenters. The zero-order chi connectivity index (χ0) is 15.0. The number of anilines is 1. The molecule has 0 aliphatic carbocycles. The monoisotopic (exact) mass is 429 g/mol. The molecule has 0 saturated heterocycles. The van der Waals surface area contributed by atoms with E-state index in [9.17, 15) is 9.59 Å². The number of amides is 1. The van der Waals surface area contributed by atoms with Crippen LogP contribution in [0.15, 0.2) is 38.6 Å². The van der Waals surface area contributed by atoms with Crippen molar-refractivity contribution in [3.63, 3.8) is 0 Å². The van der Waals surface area contributed by atoms with E-state index in [2.05, 4.69) is 31.9 Å². The molecule has 7 heteroatoms. The molecule has 0 fully saturated rings. The molecule has 108 valence electrons. The highest BCUT2D eigenvalue weighted by Crippen LogP contribution is 2.35. The largest absolute Gasteiger partial charge is 0.482 e. The van der Waals surface area contributed by atoms with Gasteiger partial charge in [0.05, 0.1) is 17.1 Å². The summed E-state index contributed by atoms with van der Waals surface area (Å²) in [4.78, 5) is 26.5. The zero-order valence-electron chi connectivity index (χ0n) is 10.6. The van der Waals surface area contributed by atoms with Crippen LogP contribution in [0.3, 0.4) is 0 Å². The van der Waals surface area contributed by atoms with Gasteiger partial charge < -0.3 is 4.74 Å². The number of fused-ring (bicyclic) bond motifs is 1. The van der Waals surface area contributed by atoms with Crippen molar-refractivity contribution in [3.05, 3.63) is 43.5 Å². The number of carbonyl (C=O) groups is 2. The highest BCUT2D eigenvalue weighted by atomic mass is 79.9. The second-order valence-electron chi connectivity index (χ2n) is 4.40. The van der Waals surface area contributed by atoms with E-state index >= 15 is 0 Å². The van der Waals surface area contributed by atoms with E-state index in [4.69, 9.17) is 4.74 Å². The van der Waals surface area contributed by atoms with Crippen LogP contribution < -0.4 is 9.64 Å². The molecule has 3 rings (SSSR count). The summed E-state index contributed by atoms with van der Waals surface area (Å²) in [6.07, 6.45) is 0. The van der Waals surface area contributed by atoms with E-state index in [-0.39, 0.29) is 24.8 Å². The minimum atomic E-state index is -0.221. The van der Waals surface area contributed by atoms with E-state index in [0.29, 0.717) is 16.3 Å². The lowest BCUT2D eigenvalue weighted by Gasteiger charge is -2.28. The van der Waals surface area contributed by atoms with Crippen molar-refractivity contribution in [2.45, 2.75) is 0 Å². The highest BCUT2D eigenvalue weighted by Gasteiger charge is 2.28. The average Bonchev–Trinajstić information content (AvgIpc) is 2.88. The molecule has 1 aromatic heterocycles. The van der Waals surface area contributed by atoms with Gasteiger partial charge in [0.25, 0.3) is 5.91 Å². The summed E-state index contributed by atoms with van der Waals surface area (Å²) in [6.45, 7) is -0.0434. The number of thiophene rings is 1. The molecule has 2 heterocycles. The van der Waals surface area contributed by atoms with E-state index < -0.39 is 0 Å². The minimum absolute atomic E-state index is 0.00472. The second-order valence-corrected chi connectivity index (χ2v) is 7.09. The first-order chi connectivity index (χ1) is 10.1. The van der Waals surface area contributed by atoms with Gasteiger partial charge in [-0.3, -0.25) is 14.5 Å². The number of Topliss-reactive ketones (excluding diaryl/α,β-unsaturated/α-hetero) is 1. The first-order valence-electron chi connectivity index (χ1n) is 6.05. The number of ketones is 1. The predicted molar refractivity (Wildman–Crippen MR) is 88.3 cm³/mol. The molecule has 0 spiro atoms. The molecule has 0 N–H and O–H groups in total. The zero-order valence-corrected chi connectivity index (χ0v) is 14.6. The third kappa shape index (κ3) is 2.90. The van der Waals surface area contributed by atoms with Crippen molar-refractivity contribution in [2.75, 3.05) is 18.1 Å². The normalized spacial score (nSPS) is 13.8. The Labute approximate surface area is 142 Å². The minimum Gasteiger partial charge on any atom is -0.482 e. The van der Waals surface area contributed by atoms with Crippen molar-refractivity contribution in [2.24, 2.45) is 0 Å². The molecule has 21 heavy (non-hydrogen) atoms. The number of halogens is 2. The quantitative estimate of drug-likeness (QED) is 0.694. The third-order valence-corrected chi connectivity index (χ3v) is 5.41. The molecular weight excluding hydrogens is 422 g/mol. The van der Waals surface area contributed by atoms with Crippen molar-refractivity contribution >= 4 is 60.6 Å². The van der Waals surface area contributed by atoms with Gasteiger partial charge >= 0.3 is 0 Å². The summed E-state index contributed by atoms with van der Waals surface area (Å²) < 4.78 is 6.97. The Bertz CT molecular complexity index is 729. The maximum Gasteiger partial charge on any atom is 0.265 e. The number of nitrogens with zero attached hydrogens (tertiary/aromatic N) is 1. The Morgan fingerprint density at radius 1 is 1.33 bits per heavy atom. The molecule has 0 radical (unpaired) electrons. The molecule has 1 aliphatic heterocycles. The summed E-state index contributed by atoms with van der Waals surface area (Å²) >= 11 is 8.07. The third-order valence-electron chi connectivity index (χ3n) is 3.04. The number of ether oxygens (including phenoxy) is 1. The molecule has 4 nitrogen and oxygen atoms in total. The number of hydrogen-bond donors (Lipinski definition) is 0. The van der Waals surface area contributed by atoms with Gasteiger partial charge in [0.2, 0.25) is 0 Å². The van der Waals surface area contributed by atoms with E-state index in [0.717, 1.165) is 8.95 Å². The van der Waals surface area contributed by atoms with E-state index in [1.54, 1.807) is 12.1 Å². The molecular formula is C14H9Br2NO3S. The van der Waals surface area contributed by atoms with Gasteiger partial charge in [-0.1, -0.05) is 15.9 Å². The molecule has 1 aliphatic rings. The van der Waals surface area contributed by atoms with Crippen LogP contribution in [-0.4, -0.2) is 24.8 Å². The maximum atomic E-state index is 12.4. The van der Waals surface area contributed by atoms with Crippen molar-refractivity contribution in [1.29, 1.82) is 0 Å². The lowest BCUT2D eigenvalue weighted by Crippen LogP contribution is -2.41. The Kier molecular flexibility index (Phi) is 4.14. The highest BCUT2D eigenvalue weighted by molar-refractivity contribution is 9.10. The summed E-state index contributed by atoms with van der Waals surface area (Å²) in [6, 6.07) is 7.22. The van der Waals surface area contributed by atoms with Gasteiger partial charge in [-0.15, -0.1) is 11.3 Å². The van der Waals surface area contributed by atoms with Gasteiger partial charge in [-0.2, -0.15) is 0 Å². The number of hydrogen-bond acceptors (Lipinski definition) is 4. The molecule has 0 unspecified atom stereocenters. The summed E-state index contributed by atoms with van der Waals surface area (Å²) in [5, 5.41) is 1.84. The van der Waals surface area contributed by atoms with Crippen LogP contribution in [0.5, 0.6) is 5.75 Å². The summed E-state index contributed by atoms with van der Waals surface area (Å²) in [5.74, 6) is 0.288. The predicted octanol–water partition coefficient (Wildman–Crippen LogP) is 3.88. The number of benzene rings is 1. The van der Waals surface area contributed by atoms with Gasteiger partial charge in [0.1, 0.15) is 5.75 Å². The fourth-order valence-electron chi connectivity index (χ4n) is 2.06. The van der Waals surface area contributed by atoms with Gasteiger partial charge in [-0.25, -0.2) is 0 Å². The first-order valence-corrected chi connectivity index (χ1v) is 8.52. The fraction of sp³-hybridized carbons (Fsp3) is 0.143. The van der Waals surface area contributed by atoms with Gasteiger partial charge in [0, 0.05) is 8.95 Å². The topological polar surface area (TPSA) is 46.6 Å². The Morgan fingerprint density at radius 2 is 2.14 bits per heavy atom. The lowest BCUT2D eigenvalue weighted by atomic mass is 10.2.